The summed E-state index contributed by atoms with van der Waals surface area (Å²) in [5.74, 6) is 0.599. The van der Waals surface area contributed by atoms with Crippen LogP contribution in [0, 0.1) is 5.92 Å². The topological polar surface area (TPSA) is 46.3 Å². The zero-order valence-electron chi connectivity index (χ0n) is 10.6. The molecule has 2 N–H and O–H groups in total. The van der Waals surface area contributed by atoms with Crippen LogP contribution in [0.15, 0.2) is 24.3 Å². The van der Waals surface area contributed by atoms with E-state index in [2.05, 4.69) is 13.8 Å². The molecule has 0 spiro atoms. The maximum atomic E-state index is 12.0. The lowest BCUT2D eigenvalue weighted by molar-refractivity contribution is 0.0790. The van der Waals surface area contributed by atoms with E-state index >= 15 is 0 Å². The van der Waals surface area contributed by atoms with Crippen LogP contribution in [0.25, 0.3) is 0 Å². The summed E-state index contributed by atoms with van der Waals surface area (Å²) in [6.45, 7) is 5.06. The molecular formula is C13H21ClN2O. The van der Waals surface area contributed by atoms with Crippen LogP contribution < -0.4 is 5.73 Å². The predicted octanol–water partition coefficient (Wildman–Crippen LogP) is 2.81. The van der Waals surface area contributed by atoms with Crippen LogP contribution in [0.1, 0.15) is 30.6 Å². The number of benzene rings is 1. The van der Waals surface area contributed by atoms with Crippen LogP contribution in [0.5, 0.6) is 0 Å². The van der Waals surface area contributed by atoms with Gasteiger partial charge in [0.15, 0.2) is 0 Å². The lowest BCUT2D eigenvalue weighted by Gasteiger charge is -2.19. The molecule has 1 amide bonds. The second-order valence-corrected chi connectivity index (χ2v) is 4.50. The molecule has 3 nitrogen and oxygen atoms in total. The van der Waals surface area contributed by atoms with E-state index in [0.29, 0.717) is 17.2 Å². The van der Waals surface area contributed by atoms with E-state index < -0.39 is 0 Å². The second-order valence-electron chi connectivity index (χ2n) is 4.50. The SMILES string of the molecule is CC(C)CCN(C)C(=O)c1ccccc1N.Cl. The van der Waals surface area contributed by atoms with E-state index in [1.54, 1.807) is 17.0 Å². The number of rotatable bonds is 4. The van der Waals surface area contributed by atoms with Gasteiger partial charge in [-0.25, -0.2) is 0 Å². The van der Waals surface area contributed by atoms with E-state index in [1.807, 2.05) is 19.2 Å². The zero-order valence-corrected chi connectivity index (χ0v) is 11.5. The first-order valence-corrected chi connectivity index (χ1v) is 5.62. The van der Waals surface area contributed by atoms with Crippen molar-refractivity contribution in [1.82, 2.24) is 4.90 Å². The number of para-hydroxylation sites is 1. The minimum atomic E-state index is -0.00116. The molecule has 17 heavy (non-hydrogen) atoms. The van der Waals surface area contributed by atoms with Gasteiger partial charge in [0.25, 0.3) is 5.91 Å². The van der Waals surface area contributed by atoms with Crippen LogP contribution in [-0.2, 0) is 0 Å². The van der Waals surface area contributed by atoms with Gasteiger partial charge in [-0.3, -0.25) is 4.79 Å². The number of nitrogens with zero attached hydrogens (tertiary/aromatic N) is 1. The van der Waals surface area contributed by atoms with E-state index in [-0.39, 0.29) is 18.3 Å². The molecule has 0 saturated carbocycles. The minimum absolute atomic E-state index is 0. The summed E-state index contributed by atoms with van der Waals surface area (Å²) in [6.07, 6.45) is 1.01. The van der Waals surface area contributed by atoms with Crippen molar-refractivity contribution in [2.75, 3.05) is 19.3 Å². The second kappa shape index (κ2) is 7.17. The molecule has 0 radical (unpaired) electrons. The molecule has 0 bridgehead atoms. The van der Waals surface area contributed by atoms with Crippen molar-refractivity contribution in [3.8, 4) is 0 Å². The molecule has 1 aromatic carbocycles. The summed E-state index contributed by atoms with van der Waals surface area (Å²) in [4.78, 5) is 13.8. The molecule has 0 aliphatic rings. The maximum absolute atomic E-state index is 12.0. The third-order valence-electron chi connectivity index (χ3n) is 2.58. The Balaban J connectivity index is 0.00000256. The standard InChI is InChI=1S/C13H20N2O.ClH/c1-10(2)8-9-15(3)13(16)11-6-4-5-7-12(11)14;/h4-7,10H,8-9,14H2,1-3H3;1H. The Hall–Kier alpha value is -1.22. The highest BCUT2D eigenvalue weighted by Gasteiger charge is 2.13. The van der Waals surface area contributed by atoms with Gasteiger partial charge >= 0.3 is 0 Å². The zero-order chi connectivity index (χ0) is 12.1. The number of amides is 1. The number of carbonyl (C=O) groups is 1. The fraction of sp³-hybridized carbons (Fsp3) is 0.462. The van der Waals surface area contributed by atoms with Crippen molar-refractivity contribution in [1.29, 1.82) is 0 Å². The average molecular weight is 257 g/mol. The Morgan fingerprint density at radius 3 is 2.47 bits per heavy atom. The molecular weight excluding hydrogens is 236 g/mol. The van der Waals surface area contributed by atoms with Crippen molar-refractivity contribution in [2.45, 2.75) is 20.3 Å². The molecule has 0 aliphatic heterocycles. The highest BCUT2D eigenvalue weighted by Crippen LogP contribution is 2.13. The van der Waals surface area contributed by atoms with Crippen LogP contribution in [0.2, 0.25) is 0 Å². The van der Waals surface area contributed by atoms with Crippen molar-refractivity contribution in [3.05, 3.63) is 29.8 Å². The van der Waals surface area contributed by atoms with Crippen molar-refractivity contribution in [2.24, 2.45) is 5.92 Å². The maximum Gasteiger partial charge on any atom is 0.255 e. The Kier molecular flexibility index (Phi) is 6.66. The van der Waals surface area contributed by atoms with Gasteiger partial charge in [-0.15, -0.1) is 12.4 Å². The first kappa shape index (κ1) is 15.8. The van der Waals surface area contributed by atoms with Gasteiger partial charge in [-0.2, -0.15) is 0 Å². The van der Waals surface area contributed by atoms with Crippen LogP contribution >= 0.6 is 12.4 Å². The van der Waals surface area contributed by atoms with Crippen molar-refractivity contribution >= 4 is 24.0 Å². The number of carbonyl (C=O) groups excluding carboxylic acids is 1. The lowest BCUT2D eigenvalue weighted by Crippen LogP contribution is -2.29. The first-order chi connectivity index (χ1) is 7.52. The number of nitrogen functional groups attached to an aromatic ring is 1. The molecule has 0 unspecified atom stereocenters. The highest BCUT2D eigenvalue weighted by molar-refractivity contribution is 5.98. The summed E-state index contributed by atoms with van der Waals surface area (Å²) < 4.78 is 0. The predicted molar refractivity (Wildman–Crippen MR) is 74.5 cm³/mol. The molecule has 0 aliphatic carbocycles. The molecule has 0 atom stereocenters. The quantitative estimate of drug-likeness (QED) is 0.842. The normalized spacial score (nSPS) is 9.88. The van der Waals surface area contributed by atoms with E-state index in [1.165, 1.54) is 0 Å². The third-order valence-corrected chi connectivity index (χ3v) is 2.58. The third kappa shape index (κ3) is 4.65. The highest BCUT2D eigenvalue weighted by atomic mass is 35.5. The Bertz CT molecular complexity index is 366. The van der Waals surface area contributed by atoms with Gasteiger partial charge in [0.1, 0.15) is 0 Å². The van der Waals surface area contributed by atoms with Gasteiger partial charge in [0, 0.05) is 19.3 Å². The Morgan fingerprint density at radius 1 is 1.35 bits per heavy atom. The van der Waals surface area contributed by atoms with Gasteiger partial charge in [-0.05, 0) is 24.5 Å². The van der Waals surface area contributed by atoms with Gasteiger partial charge < -0.3 is 10.6 Å². The van der Waals surface area contributed by atoms with Crippen LogP contribution in [-0.4, -0.2) is 24.4 Å². The molecule has 0 aromatic heterocycles. The molecule has 0 heterocycles. The average Bonchev–Trinajstić information content (AvgIpc) is 2.25. The molecule has 1 rings (SSSR count). The minimum Gasteiger partial charge on any atom is -0.398 e. The molecule has 0 fully saturated rings. The fourth-order valence-electron chi connectivity index (χ4n) is 1.45. The summed E-state index contributed by atoms with van der Waals surface area (Å²) >= 11 is 0. The lowest BCUT2D eigenvalue weighted by atomic mass is 10.1. The van der Waals surface area contributed by atoms with Crippen molar-refractivity contribution < 1.29 is 4.79 Å². The monoisotopic (exact) mass is 256 g/mol. The van der Waals surface area contributed by atoms with Gasteiger partial charge in [0.05, 0.1) is 5.56 Å². The van der Waals surface area contributed by atoms with Crippen molar-refractivity contribution in [3.63, 3.8) is 0 Å². The van der Waals surface area contributed by atoms with Gasteiger partial charge in [0.2, 0.25) is 0 Å². The van der Waals surface area contributed by atoms with Gasteiger partial charge in [-0.1, -0.05) is 26.0 Å². The van der Waals surface area contributed by atoms with E-state index in [0.717, 1.165) is 13.0 Å². The fourth-order valence-corrected chi connectivity index (χ4v) is 1.45. The molecule has 1 aromatic rings. The van der Waals surface area contributed by atoms with E-state index in [4.69, 9.17) is 5.73 Å². The number of nitrogens with two attached hydrogens (primary N) is 1. The smallest absolute Gasteiger partial charge is 0.255 e. The first-order valence-electron chi connectivity index (χ1n) is 5.62. The number of halogens is 1. The molecule has 96 valence electrons. The Morgan fingerprint density at radius 2 is 1.94 bits per heavy atom. The van der Waals surface area contributed by atoms with Crippen LogP contribution in [0.3, 0.4) is 0 Å². The number of anilines is 1. The molecule has 0 saturated heterocycles. The largest absolute Gasteiger partial charge is 0.398 e. The number of hydrogen-bond acceptors (Lipinski definition) is 2. The van der Waals surface area contributed by atoms with E-state index in [9.17, 15) is 4.79 Å². The summed E-state index contributed by atoms with van der Waals surface area (Å²) in [6, 6.07) is 7.19. The van der Waals surface area contributed by atoms with Crippen LogP contribution in [0.4, 0.5) is 5.69 Å². The molecule has 4 heteroatoms. The number of hydrogen-bond donors (Lipinski definition) is 1. The summed E-state index contributed by atoms with van der Waals surface area (Å²) in [5, 5.41) is 0. The summed E-state index contributed by atoms with van der Waals surface area (Å²) in [7, 11) is 1.82. The Labute approximate surface area is 109 Å². The summed E-state index contributed by atoms with van der Waals surface area (Å²) in [5.41, 5.74) is 6.90.